The summed E-state index contributed by atoms with van der Waals surface area (Å²) in [5.41, 5.74) is 7.39. The first-order valence-corrected chi connectivity index (χ1v) is 7.00. The maximum Gasteiger partial charge on any atom is 0.270 e. The lowest BCUT2D eigenvalue weighted by atomic mass is 10.1. The monoisotopic (exact) mass is 245 g/mol. The quantitative estimate of drug-likeness (QED) is 0.866. The fourth-order valence-corrected chi connectivity index (χ4v) is 3.65. The zero-order valence-electron chi connectivity index (χ0n) is 10.5. The molecule has 4 heteroatoms. The van der Waals surface area contributed by atoms with Crippen molar-refractivity contribution in [3.63, 3.8) is 0 Å². The van der Waals surface area contributed by atoms with E-state index in [2.05, 4.69) is 9.47 Å². The third-order valence-corrected chi connectivity index (χ3v) is 4.70. The molecule has 2 unspecified atom stereocenters. The highest BCUT2D eigenvalue weighted by molar-refractivity contribution is 5.94. The number of aromatic nitrogens is 1. The number of rotatable bonds is 2. The van der Waals surface area contributed by atoms with E-state index in [9.17, 15) is 4.79 Å². The van der Waals surface area contributed by atoms with E-state index in [1.165, 1.54) is 32.1 Å². The summed E-state index contributed by atoms with van der Waals surface area (Å²) in [6, 6.07) is 2.86. The molecule has 2 saturated carbocycles. The van der Waals surface area contributed by atoms with Gasteiger partial charge < -0.3 is 15.2 Å². The van der Waals surface area contributed by atoms with Crippen LogP contribution in [0.4, 0.5) is 5.69 Å². The van der Waals surface area contributed by atoms with Crippen LogP contribution in [0.25, 0.3) is 0 Å². The number of piperidine rings is 1. The molecule has 0 aromatic carbocycles. The zero-order chi connectivity index (χ0) is 12.3. The second kappa shape index (κ2) is 3.53. The van der Waals surface area contributed by atoms with Crippen LogP contribution in [0.5, 0.6) is 0 Å². The van der Waals surface area contributed by atoms with Gasteiger partial charge in [-0.05, 0) is 44.1 Å². The summed E-state index contributed by atoms with van der Waals surface area (Å²) < 4.78 is 2.10. The van der Waals surface area contributed by atoms with Crippen LogP contribution >= 0.6 is 0 Å². The molecule has 3 fully saturated rings. The van der Waals surface area contributed by atoms with Crippen LogP contribution in [-0.2, 0) is 0 Å². The van der Waals surface area contributed by atoms with Crippen molar-refractivity contribution in [1.82, 2.24) is 9.47 Å². The van der Waals surface area contributed by atoms with Crippen molar-refractivity contribution >= 4 is 11.6 Å². The number of carbonyl (C=O) groups excluding carboxylic acids is 1. The molecule has 0 spiro atoms. The highest BCUT2D eigenvalue weighted by Gasteiger charge is 2.41. The number of hydrogen-bond acceptors (Lipinski definition) is 2. The Morgan fingerprint density at radius 2 is 2.00 bits per heavy atom. The highest BCUT2D eigenvalue weighted by atomic mass is 16.2. The number of nitrogens with zero attached hydrogens (tertiary/aromatic N) is 2. The number of amides is 1. The lowest BCUT2D eigenvalue weighted by Gasteiger charge is -2.27. The van der Waals surface area contributed by atoms with Crippen molar-refractivity contribution in [3.05, 3.63) is 18.0 Å². The normalized spacial score (nSPS) is 30.1. The fraction of sp³-hybridized carbons (Fsp3) is 0.643. The minimum atomic E-state index is 0.200. The Hall–Kier alpha value is -1.45. The van der Waals surface area contributed by atoms with Gasteiger partial charge in [0.15, 0.2) is 0 Å². The Morgan fingerprint density at radius 1 is 1.22 bits per heavy atom. The standard InChI is InChI=1S/C14H19N3O/c15-10-6-13(16(8-10)11-3-4-11)14(18)17-7-9-1-2-12(17)5-9/h6,8-9,11-12H,1-5,7,15H2. The SMILES string of the molecule is Nc1cc(C(=O)N2CC3CCC2C3)n(C2CC2)c1. The number of hydrogen-bond donors (Lipinski definition) is 1. The lowest BCUT2D eigenvalue weighted by molar-refractivity contribution is 0.0692. The molecular formula is C14H19N3O. The summed E-state index contributed by atoms with van der Waals surface area (Å²) in [4.78, 5) is 14.7. The smallest absolute Gasteiger partial charge is 0.270 e. The van der Waals surface area contributed by atoms with Crippen molar-refractivity contribution in [3.8, 4) is 0 Å². The van der Waals surface area contributed by atoms with Gasteiger partial charge in [0.25, 0.3) is 5.91 Å². The Labute approximate surface area is 107 Å². The molecule has 18 heavy (non-hydrogen) atoms. The zero-order valence-corrected chi connectivity index (χ0v) is 10.5. The molecule has 2 N–H and O–H groups in total. The lowest BCUT2D eigenvalue weighted by Crippen LogP contribution is -2.38. The van der Waals surface area contributed by atoms with Crippen molar-refractivity contribution in [2.75, 3.05) is 12.3 Å². The molecule has 1 aromatic rings. The summed E-state index contributed by atoms with van der Waals surface area (Å²) in [6.07, 6.45) is 8.00. The number of carbonyl (C=O) groups is 1. The Bertz CT molecular complexity index is 503. The molecule has 2 bridgehead atoms. The summed E-state index contributed by atoms with van der Waals surface area (Å²) in [6.45, 7) is 0.958. The maximum absolute atomic E-state index is 12.7. The van der Waals surface area contributed by atoms with Crippen LogP contribution in [-0.4, -0.2) is 28.0 Å². The molecule has 3 aliphatic rings. The fourth-order valence-electron chi connectivity index (χ4n) is 3.65. The molecule has 1 aliphatic heterocycles. The van der Waals surface area contributed by atoms with Gasteiger partial charge in [-0.15, -0.1) is 0 Å². The van der Waals surface area contributed by atoms with Gasteiger partial charge >= 0.3 is 0 Å². The first-order valence-electron chi connectivity index (χ1n) is 7.00. The van der Waals surface area contributed by atoms with E-state index < -0.39 is 0 Å². The number of nitrogens with two attached hydrogens (primary N) is 1. The van der Waals surface area contributed by atoms with E-state index in [1.54, 1.807) is 0 Å². The number of nitrogen functional groups attached to an aromatic ring is 1. The topological polar surface area (TPSA) is 51.3 Å². The second-order valence-corrected chi connectivity index (χ2v) is 6.09. The Kier molecular flexibility index (Phi) is 2.05. The largest absolute Gasteiger partial charge is 0.397 e. The van der Waals surface area contributed by atoms with E-state index in [0.29, 0.717) is 12.1 Å². The van der Waals surface area contributed by atoms with Crippen LogP contribution in [0.1, 0.15) is 48.6 Å². The average molecular weight is 245 g/mol. The third kappa shape index (κ3) is 1.48. The molecule has 1 amide bonds. The second-order valence-electron chi connectivity index (χ2n) is 6.09. The first kappa shape index (κ1) is 10.5. The Morgan fingerprint density at radius 3 is 2.61 bits per heavy atom. The van der Waals surface area contributed by atoms with E-state index in [-0.39, 0.29) is 5.91 Å². The predicted octanol–water partition coefficient (Wildman–Crippen LogP) is 2.03. The van der Waals surface area contributed by atoms with Crippen molar-refractivity contribution < 1.29 is 4.79 Å². The average Bonchev–Trinajstić information content (AvgIpc) is 2.83. The summed E-state index contributed by atoms with van der Waals surface area (Å²) >= 11 is 0. The number of anilines is 1. The summed E-state index contributed by atoms with van der Waals surface area (Å²) in [7, 11) is 0. The molecule has 0 radical (unpaired) electrons. The molecule has 1 saturated heterocycles. The minimum Gasteiger partial charge on any atom is -0.397 e. The molecule has 2 aliphatic carbocycles. The van der Waals surface area contributed by atoms with Crippen LogP contribution in [0.3, 0.4) is 0 Å². The molecule has 4 rings (SSSR count). The van der Waals surface area contributed by atoms with Crippen LogP contribution in [0, 0.1) is 5.92 Å². The van der Waals surface area contributed by atoms with Gasteiger partial charge in [0, 0.05) is 24.8 Å². The van der Waals surface area contributed by atoms with Gasteiger partial charge in [-0.2, -0.15) is 0 Å². The molecule has 2 heterocycles. The predicted molar refractivity (Wildman–Crippen MR) is 69.3 cm³/mol. The van der Waals surface area contributed by atoms with Gasteiger partial charge in [0.05, 0.1) is 5.69 Å². The van der Waals surface area contributed by atoms with Crippen LogP contribution < -0.4 is 5.73 Å². The molecule has 1 aromatic heterocycles. The van der Waals surface area contributed by atoms with E-state index >= 15 is 0 Å². The number of likely N-dealkylation sites (tertiary alicyclic amines) is 1. The van der Waals surface area contributed by atoms with Crippen LogP contribution in [0.2, 0.25) is 0 Å². The highest BCUT2D eigenvalue weighted by Crippen LogP contribution is 2.40. The van der Waals surface area contributed by atoms with Crippen LogP contribution in [0.15, 0.2) is 12.3 Å². The van der Waals surface area contributed by atoms with Crippen molar-refractivity contribution in [1.29, 1.82) is 0 Å². The number of fused-ring (bicyclic) bond motifs is 2. The van der Waals surface area contributed by atoms with Crippen molar-refractivity contribution in [2.24, 2.45) is 5.92 Å². The van der Waals surface area contributed by atoms with Gasteiger partial charge in [-0.3, -0.25) is 4.79 Å². The molecule has 96 valence electrons. The van der Waals surface area contributed by atoms with Gasteiger partial charge in [-0.1, -0.05) is 0 Å². The minimum absolute atomic E-state index is 0.200. The molecule has 4 nitrogen and oxygen atoms in total. The van der Waals surface area contributed by atoms with Gasteiger partial charge in [0.1, 0.15) is 5.69 Å². The molecule has 2 atom stereocenters. The van der Waals surface area contributed by atoms with Gasteiger partial charge in [0.2, 0.25) is 0 Å². The van der Waals surface area contributed by atoms with E-state index in [0.717, 1.165) is 23.8 Å². The third-order valence-electron chi connectivity index (χ3n) is 4.70. The maximum atomic E-state index is 12.7. The van der Waals surface area contributed by atoms with E-state index in [4.69, 9.17) is 5.73 Å². The molecular weight excluding hydrogens is 226 g/mol. The van der Waals surface area contributed by atoms with E-state index in [1.807, 2.05) is 12.3 Å². The summed E-state index contributed by atoms with van der Waals surface area (Å²) in [5, 5.41) is 0. The van der Waals surface area contributed by atoms with Gasteiger partial charge in [-0.25, -0.2) is 0 Å². The Balaban J connectivity index is 1.64. The van der Waals surface area contributed by atoms with Crippen molar-refractivity contribution in [2.45, 2.75) is 44.2 Å². The summed E-state index contributed by atoms with van der Waals surface area (Å²) in [5.74, 6) is 0.950. The first-order chi connectivity index (χ1) is 8.72.